The molecule has 138 valence electrons. The third-order valence-corrected chi connectivity index (χ3v) is 4.66. The van der Waals surface area contributed by atoms with Gasteiger partial charge in [0, 0.05) is 22.7 Å². The number of halogens is 2. The smallest absolute Gasteiger partial charge is 0.198 e. The average molecular weight is 402 g/mol. The maximum Gasteiger partial charge on any atom is 0.198 e. The van der Waals surface area contributed by atoms with Crippen LogP contribution in [0.5, 0.6) is 5.75 Å². The van der Waals surface area contributed by atoms with E-state index in [1.54, 1.807) is 24.4 Å². The fourth-order valence-electron chi connectivity index (χ4n) is 2.92. The highest BCUT2D eigenvalue weighted by Crippen LogP contribution is 2.34. The summed E-state index contributed by atoms with van der Waals surface area (Å²) in [6.07, 6.45) is 1.70. The number of nitriles is 1. The van der Waals surface area contributed by atoms with Crippen LogP contribution in [-0.4, -0.2) is 20.4 Å². The molecule has 1 aromatic carbocycles. The Labute approximate surface area is 166 Å². The topological polar surface area (TPSA) is 78.9 Å². The summed E-state index contributed by atoms with van der Waals surface area (Å²) in [6.45, 7) is 5.94. The number of hydrogen-bond acceptors (Lipinski definition) is 4. The maximum absolute atomic E-state index is 13.0. The molecule has 3 rings (SSSR count). The van der Waals surface area contributed by atoms with E-state index in [1.807, 2.05) is 25.3 Å². The Balaban J connectivity index is 2.34. The van der Waals surface area contributed by atoms with Crippen molar-refractivity contribution in [1.29, 1.82) is 5.26 Å². The highest BCUT2D eigenvalue weighted by atomic mass is 35.5. The number of para-hydroxylation sites is 1. The molecule has 7 heteroatoms. The highest BCUT2D eigenvalue weighted by molar-refractivity contribution is 6.44. The Morgan fingerprint density at radius 3 is 2.48 bits per heavy atom. The van der Waals surface area contributed by atoms with Gasteiger partial charge < -0.3 is 9.67 Å². The molecular formula is C20H17Cl2N3O2. The molecule has 2 heterocycles. The lowest BCUT2D eigenvalue weighted by Crippen LogP contribution is -2.21. The summed E-state index contributed by atoms with van der Waals surface area (Å²) < 4.78 is 1.86. The third-order valence-electron chi connectivity index (χ3n) is 4.25. The quantitative estimate of drug-likeness (QED) is 0.490. The summed E-state index contributed by atoms with van der Waals surface area (Å²) in [5.41, 5.74) is 1.03. The molecule has 0 bridgehead atoms. The minimum Gasteiger partial charge on any atom is -0.507 e. The standard InChI is InChI=1S/C20H17Cl2N3O2/c1-20(2,3)25-10-11(9-23)13-8-14(16(18(21)22)24-19(13)25)17(27)12-6-4-5-7-15(12)26/h4-8,10,18,26H,1-3H3. The van der Waals surface area contributed by atoms with Crippen molar-refractivity contribution < 1.29 is 9.90 Å². The molecule has 0 saturated heterocycles. The summed E-state index contributed by atoms with van der Waals surface area (Å²) in [5, 5.41) is 20.1. The minimum atomic E-state index is -1.05. The number of benzene rings is 1. The second-order valence-corrected chi connectivity index (χ2v) is 8.23. The van der Waals surface area contributed by atoms with Gasteiger partial charge in [-0.1, -0.05) is 35.3 Å². The number of pyridine rings is 1. The number of hydrogen-bond donors (Lipinski definition) is 1. The van der Waals surface area contributed by atoms with Crippen molar-refractivity contribution in [3.63, 3.8) is 0 Å². The van der Waals surface area contributed by atoms with Gasteiger partial charge in [-0.3, -0.25) is 4.79 Å². The summed E-state index contributed by atoms with van der Waals surface area (Å²) >= 11 is 12.2. The van der Waals surface area contributed by atoms with Gasteiger partial charge in [-0.15, -0.1) is 0 Å². The first-order valence-electron chi connectivity index (χ1n) is 8.22. The molecule has 3 aromatic rings. The van der Waals surface area contributed by atoms with Crippen LogP contribution in [-0.2, 0) is 5.54 Å². The second kappa shape index (κ2) is 6.88. The molecule has 0 aliphatic carbocycles. The fourth-order valence-corrected chi connectivity index (χ4v) is 3.25. The SMILES string of the molecule is CC(C)(C)n1cc(C#N)c2cc(C(=O)c3ccccc3O)c(C(Cl)Cl)nc21. The van der Waals surface area contributed by atoms with Crippen molar-refractivity contribution in [2.75, 3.05) is 0 Å². The van der Waals surface area contributed by atoms with Crippen LogP contribution >= 0.6 is 23.2 Å². The summed E-state index contributed by atoms with van der Waals surface area (Å²) in [5.74, 6) is -0.613. The Morgan fingerprint density at radius 1 is 1.26 bits per heavy atom. The molecule has 0 amide bonds. The number of ketones is 1. The normalized spacial score (nSPS) is 11.7. The first-order chi connectivity index (χ1) is 12.6. The number of nitrogens with zero attached hydrogens (tertiary/aromatic N) is 3. The molecular weight excluding hydrogens is 385 g/mol. The van der Waals surface area contributed by atoms with E-state index < -0.39 is 10.6 Å². The van der Waals surface area contributed by atoms with Crippen LogP contribution < -0.4 is 0 Å². The number of carbonyl (C=O) groups excluding carboxylic acids is 1. The Kier molecular flexibility index (Phi) is 4.90. The molecule has 0 fully saturated rings. The van der Waals surface area contributed by atoms with Crippen LogP contribution in [0.3, 0.4) is 0 Å². The van der Waals surface area contributed by atoms with Crippen LogP contribution in [0.4, 0.5) is 0 Å². The van der Waals surface area contributed by atoms with Crippen molar-refractivity contribution in [2.45, 2.75) is 31.1 Å². The summed E-state index contributed by atoms with van der Waals surface area (Å²) in [6, 6.07) is 9.92. The number of phenols is 1. The van der Waals surface area contributed by atoms with Gasteiger partial charge in [0.15, 0.2) is 5.78 Å². The number of fused-ring (bicyclic) bond motifs is 1. The predicted octanol–water partition coefficient (Wildman–Crippen LogP) is 5.08. The van der Waals surface area contributed by atoms with E-state index in [2.05, 4.69) is 11.1 Å². The van der Waals surface area contributed by atoms with Crippen LogP contribution in [0.2, 0.25) is 0 Å². The van der Waals surface area contributed by atoms with Crippen LogP contribution in [0.1, 0.15) is 52.8 Å². The van der Waals surface area contributed by atoms with Crippen LogP contribution in [0.25, 0.3) is 11.0 Å². The van der Waals surface area contributed by atoms with E-state index in [-0.39, 0.29) is 28.1 Å². The zero-order valence-electron chi connectivity index (χ0n) is 15.0. The van der Waals surface area contributed by atoms with E-state index >= 15 is 0 Å². The number of alkyl halides is 2. The van der Waals surface area contributed by atoms with Crippen molar-refractivity contribution in [1.82, 2.24) is 9.55 Å². The van der Waals surface area contributed by atoms with E-state index in [9.17, 15) is 15.2 Å². The lowest BCUT2D eigenvalue weighted by molar-refractivity contribution is 0.103. The zero-order chi connectivity index (χ0) is 19.9. The molecule has 0 spiro atoms. The minimum absolute atomic E-state index is 0.114. The fraction of sp³-hybridized carbons (Fsp3) is 0.250. The molecule has 1 N–H and O–H groups in total. The van der Waals surface area contributed by atoms with Gasteiger partial charge in [-0.05, 0) is 39.0 Å². The average Bonchev–Trinajstić information content (AvgIpc) is 2.98. The summed E-state index contributed by atoms with van der Waals surface area (Å²) in [7, 11) is 0. The third kappa shape index (κ3) is 3.39. The number of carbonyl (C=O) groups is 1. The van der Waals surface area contributed by atoms with E-state index in [1.165, 1.54) is 12.1 Å². The first-order valence-corrected chi connectivity index (χ1v) is 9.10. The van der Waals surface area contributed by atoms with Crippen molar-refractivity contribution in [2.24, 2.45) is 0 Å². The van der Waals surface area contributed by atoms with Gasteiger partial charge in [-0.25, -0.2) is 4.98 Å². The van der Waals surface area contributed by atoms with Crippen molar-refractivity contribution in [3.8, 4) is 11.8 Å². The molecule has 0 atom stereocenters. The van der Waals surface area contributed by atoms with Gasteiger partial charge in [0.25, 0.3) is 0 Å². The lowest BCUT2D eigenvalue weighted by atomic mass is 10.00. The molecule has 5 nitrogen and oxygen atoms in total. The Morgan fingerprint density at radius 2 is 1.93 bits per heavy atom. The molecule has 2 aromatic heterocycles. The molecule has 0 aliphatic heterocycles. The lowest BCUT2D eigenvalue weighted by Gasteiger charge is -2.22. The Hall–Kier alpha value is -2.55. The predicted molar refractivity (Wildman–Crippen MR) is 105 cm³/mol. The molecule has 0 unspecified atom stereocenters. The zero-order valence-corrected chi connectivity index (χ0v) is 16.5. The van der Waals surface area contributed by atoms with Gasteiger partial charge in [0.05, 0.1) is 16.8 Å². The van der Waals surface area contributed by atoms with Gasteiger partial charge >= 0.3 is 0 Å². The summed E-state index contributed by atoms with van der Waals surface area (Å²) in [4.78, 5) is 16.5. The van der Waals surface area contributed by atoms with Gasteiger partial charge in [0.1, 0.15) is 22.3 Å². The van der Waals surface area contributed by atoms with E-state index in [4.69, 9.17) is 23.2 Å². The first kappa shape index (κ1) is 19.2. The van der Waals surface area contributed by atoms with E-state index in [0.29, 0.717) is 16.6 Å². The monoisotopic (exact) mass is 401 g/mol. The highest BCUT2D eigenvalue weighted by Gasteiger charge is 2.26. The Bertz CT molecular complexity index is 1090. The number of aromatic hydroxyl groups is 1. The van der Waals surface area contributed by atoms with Crippen LogP contribution in [0.15, 0.2) is 36.5 Å². The van der Waals surface area contributed by atoms with Crippen molar-refractivity contribution >= 4 is 40.0 Å². The van der Waals surface area contributed by atoms with Gasteiger partial charge in [-0.2, -0.15) is 5.26 Å². The number of rotatable bonds is 3. The molecule has 0 saturated carbocycles. The second-order valence-electron chi connectivity index (χ2n) is 7.13. The van der Waals surface area contributed by atoms with Gasteiger partial charge in [0.2, 0.25) is 0 Å². The maximum atomic E-state index is 13.0. The molecule has 0 radical (unpaired) electrons. The van der Waals surface area contributed by atoms with Crippen molar-refractivity contribution in [3.05, 3.63) is 58.9 Å². The largest absolute Gasteiger partial charge is 0.507 e. The number of aromatic nitrogens is 2. The molecule has 27 heavy (non-hydrogen) atoms. The molecule has 0 aliphatic rings. The van der Waals surface area contributed by atoms with E-state index in [0.717, 1.165) is 0 Å². The van der Waals surface area contributed by atoms with Crippen LogP contribution in [0, 0.1) is 11.3 Å². The number of phenolic OH excluding ortho intramolecular Hbond substituents is 1.